The molecule has 4 heteroatoms. The standard InChI is InChI=1S/C21H32N2O2/c1-17(24)14-19(18-8-4-2-5-9-18)15-22-20(25)23-13-12-21(16-23)10-6-3-7-11-21/h2,4-5,8-9,17,19,24H,3,6-7,10-16H2,1H3,(H,22,25). The third kappa shape index (κ3) is 4.75. The molecule has 4 nitrogen and oxygen atoms in total. The third-order valence-electron chi connectivity index (χ3n) is 6.04. The molecule has 1 saturated carbocycles. The van der Waals surface area contributed by atoms with Crippen molar-refractivity contribution in [3.63, 3.8) is 0 Å². The number of aliphatic hydroxyl groups excluding tert-OH is 1. The number of hydrogen-bond acceptors (Lipinski definition) is 2. The molecule has 2 unspecified atom stereocenters. The molecule has 2 amide bonds. The van der Waals surface area contributed by atoms with Gasteiger partial charge in [-0.25, -0.2) is 4.79 Å². The number of amides is 2. The van der Waals surface area contributed by atoms with Crippen molar-refractivity contribution in [1.29, 1.82) is 0 Å². The summed E-state index contributed by atoms with van der Waals surface area (Å²) in [5.41, 5.74) is 1.57. The van der Waals surface area contributed by atoms with Gasteiger partial charge in [0.1, 0.15) is 0 Å². The quantitative estimate of drug-likeness (QED) is 0.851. The third-order valence-corrected chi connectivity index (χ3v) is 6.04. The molecule has 2 atom stereocenters. The summed E-state index contributed by atoms with van der Waals surface area (Å²) in [6.45, 7) is 4.20. The van der Waals surface area contributed by atoms with E-state index in [0.717, 1.165) is 19.5 Å². The van der Waals surface area contributed by atoms with E-state index in [-0.39, 0.29) is 18.1 Å². The zero-order valence-electron chi connectivity index (χ0n) is 15.4. The molecule has 2 N–H and O–H groups in total. The monoisotopic (exact) mass is 344 g/mol. The molecule has 138 valence electrons. The van der Waals surface area contributed by atoms with Gasteiger partial charge in [0.05, 0.1) is 6.10 Å². The fourth-order valence-corrected chi connectivity index (χ4v) is 4.61. The van der Waals surface area contributed by atoms with Crippen LogP contribution in [0.1, 0.15) is 63.4 Å². The van der Waals surface area contributed by atoms with Crippen LogP contribution in [0, 0.1) is 5.41 Å². The van der Waals surface area contributed by atoms with E-state index in [1.807, 2.05) is 30.0 Å². The fraction of sp³-hybridized carbons (Fsp3) is 0.667. The number of nitrogens with zero attached hydrogens (tertiary/aromatic N) is 1. The number of aliphatic hydroxyl groups is 1. The molecule has 1 aromatic carbocycles. The first-order chi connectivity index (χ1) is 12.1. The Labute approximate surface area is 151 Å². The number of urea groups is 1. The Morgan fingerprint density at radius 1 is 1.20 bits per heavy atom. The molecule has 3 rings (SSSR count). The van der Waals surface area contributed by atoms with Crippen LogP contribution in [-0.4, -0.2) is 41.8 Å². The van der Waals surface area contributed by atoms with E-state index in [2.05, 4.69) is 17.4 Å². The second-order valence-electron chi connectivity index (χ2n) is 8.11. The summed E-state index contributed by atoms with van der Waals surface area (Å²) in [5.74, 6) is 0.149. The highest BCUT2D eigenvalue weighted by atomic mass is 16.3. The number of carbonyl (C=O) groups is 1. The van der Waals surface area contributed by atoms with Gasteiger partial charge in [-0.05, 0) is 43.6 Å². The molecule has 1 aromatic rings. The maximum absolute atomic E-state index is 12.6. The topological polar surface area (TPSA) is 52.6 Å². The molecular weight excluding hydrogens is 312 g/mol. The number of carbonyl (C=O) groups excluding carboxylic acids is 1. The van der Waals surface area contributed by atoms with E-state index in [9.17, 15) is 9.90 Å². The zero-order valence-corrected chi connectivity index (χ0v) is 15.4. The Kier molecular flexibility index (Phi) is 6.00. The van der Waals surface area contributed by atoms with Crippen molar-refractivity contribution >= 4 is 6.03 Å². The Bertz CT molecular complexity index is 552. The summed E-state index contributed by atoms with van der Waals surface area (Å²) in [6.07, 6.45) is 8.01. The Hall–Kier alpha value is -1.55. The van der Waals surface area contributed by atoms with Gasteiger partial charge in [-0.2, -0.15) is 0 Å². The van der Waals surface area contributed by atoms with Gasteiger partial charge in [-0.15, -0.1) is 0 Å². The van der Waals surface area contributed by atoms with Gasteiger partial charge in [0.15, 0.2) is 0 Å². The van der Waals surface area contributed by atoms with E-state index in [1.165, 1.54) is 37.7 Å². The van der Waals surface area contributed by atoms with Gasteiger partial charge in [0.25, 0.3) is 0 Å². The van der Waals surface area contributed by atoms with Gasteiger partial charge in [0, 0.05) is 25.6 Å². The summed E-state index contributed by atoms with van der Waals surface area (Å²) in [5, 5.41) is 12.9. The van der Waals surface area contributed by atoms with E-state index in [0.29, 0.717) is 18.4 Å². The van der Waals surface area contributed by atoms with Gasteiger partial charge < -0.3 is 15.3 Å². The van der Waals surface area contributed by atoms with Crippen LogP contribution >= 0.6 is 0 Å². The molecule has 1 aliphatic heterocycles. The van der Waals surface area contributed by atoms with Crippen molar-refractivity contribution in [1.82, 2.24) is 10.2 Å². The van der Waals surface area contributed by atoms with Crippen molar-refractivity contribution in [2.24, 2.45) is 5.41 Å². The molecule has 1 saturated heterocycles. The van der Waals surface area contributed by atoms with Crippen molar-refractivity contribution in [3.8, 4) is 0 Å². The van der Waals surface area contributed by atoms with E-state index in [1.54, 1.807) is 0 Å². The molecule has 1 aliphatic carbocycles. The minimum atomic E-state index is -0.376. The highest BCUT2D eigenvalue weighted by Crippen LogP contribution is 2.43. The zero-order chi connectivity index (χ0) is 17.7. The molecule has 0 radical (unpaired) electrons. The first-order valence-corrected chi connectivity index (χ1v) is 9.84. The Balaban J connectivity index is 1.55. The van der Waals surface area contributed by atoms with Crippen LogP contribution < -0.4 is 5.32 Å². The van der Waals surface area contributed by atoms with Gasteiger partial charge in [-0.1, -0.05) is 49.6 Å². The highest BCUT2D eigenvalue weighted by molar-refractivity contribution is 5.74. The lowest BCUT2D eigenvalue weighted by Gasteiger charge is -2.33. The van der Waals surface area contributed by atoms with Crippen molar-refractivity contribution in [2.75, 3.05) is 19.6 Å². The Morgan fingerprint density at radius 2 is 1.92 bits per heavy atom. The van der Waals surface area contributed by atoms with Gasteiger partial charge in [-0.3, -0.25) is 0 Å². The summed E-state index contributed by atoms with van der Waals surface area (Å²) in [6, 6.07) is 10.2. The number of rotatable bonds is 5. The summed E-state index contributed by atoms with van der Waals surface area (Å²) >= 11 is 0. The minimum absolute atomic E-state index is 0.0639. The average Bonchev–Trinajstić information content (AvgIpc) is 3.03. The lowest BCUT2D eigenvalue weighted by atomic mass is 9.73. The molecule has 1 spiro atoms. The maximum Gasteiger partial charge on any atom is 0.317 e. The molecule has 2 aliphatic rings. The number of nitrogens with one attached hydrogen (secondary N) is 1. The average molecular weight is 344 g/mol. The van der Waals surface area contributed by atoms with Crippen LogP contribution in [0.2, 0.25) is 0 Å². The second-order valence-corrected chi connectivity index (χ2v) is 8.11. The Morgan fingerprint density at radius 3 is 2.60 bits per heavy atom. The predicted octanol–water partition coefficient (Wildman–Crippen LogP) is 3.91. The molecule has 0 bridgehead atoms. The number of likely N-dealkylation sites (tertiary alicyclic amines) is 1. The van der Waals surface area contributed by atoms with Crippen LogP contribution in [0.25, 0.3) is 0 Å². The molecule has 1 heterocycles. The first kappa shape index (κ1) is 18.2. The SMILES string of the molecule is CC(O)CC(CNC(=O)N1CCC2(CCCCC2)C1)c1ccccc1. The van der Waals surface area contributed by atoms with Gasteiger partial charge in [0.2, 0.25) is 0 Å². The van der Waals surface area contributed by atoms with Crippen LogP contribution in [0.4, 0.5) is 4.79 Å². The summed E-state index contributed by atoms with van der Waals surface area (Å²) < 4.78 is 0. The van der Waals surface area contributed by atoms with E-state index >= 15 is 0 Å². The number of hydrogen-bond donors (Lipinski definition) is 2. The van der Waals surface area contributed by atoms with Crippen LogP contribution in [-0.2, 0) is 0 Å². The van der Waals surface area contributed by atoms with Crippen molar-refractivity contribution in [2.45, 2.75) is 63.9 Å². The lowest BCUT2D eigenvalue weighted by molar-refractivity contribution is 0.167. The summed E-state index contributed by atoms with van der Waals surface area (Å²) in [7, 11) is 0. The van der Waals surface area contributed by atoms with Gasteiger partial charge >= 0.3 is 6.03 Å². The predicted molar refractivity (Wildman–Crippen MR) is 101 cm³/mol. The lowest BCUT2D eigenvalue weighted by Crippen LogP contribution is -2.42. The smallest absolute Gasteiger partial charge is 0.317 e. The number of benzene rings is 1. The largest absolute Gasteiger partial charge is 0.393 e. The van der Waals surface area contributed by atoms with Crippen molar-refractivity contribution < 1.29 is 9.90 Å². The molecule has 2 fully saturated rings. The molecular formula is C21H32N2O2. The molecule has 0 aromatic heterocycles. The van der Waals surface area contributed by atoms with E-state index in [4.69, 9.17) is 0 Å². The highest BCUT2D eigenvalue weighted by Gasteiger charge is 2.40. The minimum Gasteiger partial charge on any atom is -0.393 e. The second kappa shape index (κ2) is 8.22. The van der Waals surface area contributed by atoms with E-state index < -0.39 is 0 Å². The normalized spacial score (nSPS) is 21.9. The first-order valence-electron chi connectivity index (χ1n) is 9.84. The molecule has 25 heavy (non-hydrogen) atoms. The maximum atomic E-state index is 12.6. The van der Waals surface area contributed by atoms with Crippen LogP contribution in [0.3, 0.4) is 0 Å². The van der Waals surface area contributed by atoms with Crippen molar-refractivity contribution in [3.05, 3.63) is 35.9 Å². The summed E-state index contributed by atoms with van der Waals surface area (Å²) in [4.78, 5) is 14.7. The van der Waals surface area contributed by atoms with Crippen LogP contribution in [0.15, 0.2) is 30.3 Å². The van der Waals surface area contributed by atoms with Crippen LogP contribution in [0.5, 0.6) is 0 Å². The fourth-order valence-electron chi connectivity index (χ4n) is 4.61.